The number of hydrogen-bond donors (Lipinski definition) is 0. The van der Waals surface area contributed by atoms with Crippen molar-refractivity contribution >= 4 is 5.91 Å². The summed E-state index contributed by atoms with van der Waals surface area (Å²) in [5.41, 5.74) is 0.845. The van der Waals surface area contributed by atoms with Gasteiger partial charge in [-0.25, -0.2) is 14.1 Å². The number of nitrogens with zero attached hydrogens (tertiary/aromatic N) is 4. The normalized spacial score (nSPS) is 19.7. The van der Waals surface area contributed by atoms with Crippen LogP contribution in [0.25, 0.3) is 5.69 Å². The Hall–Kier alpha value is -3.02. The summed E-state index contributed by atoms with van der Waals surface area (Å²) in [5.74, 6) is -0.254. The van der Waals surface area contributed by atoms with Gasteiger partial charge in [0.15, 0.2) is 5.67 Å². The van der Waals surface area contributed by atoms with Crippen LogP contribution in [0.2, 0.25) is 0 Å². The van der Waals surface area contributed by atoms with E-state index in [1.807, 2.05) is 55.5 Å². The van der Waals surface area contributed by atoms with Gasteiger partial charge in [-0.3, -0.25) is 4.79 Å². The number of benzene rings is 2. The highest BCUT2D eigenvalue weighted by molar-refractivity contribution is 5.90. The number of carbonyl (C=O) groups is 1. The van der Waals surface area contributed by atoms with Gasteiger partial charge in [0.2, 0.25) is 5.82 Å². The molecule has 6 heteroatoms. The number of hydrogen-bond acceptors (Lipinski definition) is 3. The Morgan fingerprint density at radius 3 is 2.62 bits per heavy atom. The van der Waals surface area contributed by atoms with Crippen molar-refractivity contribution in [1.82, 2.24) is 19.7 Å². The molecule has 0 N–H and O–H groups in total. The van der Waals surface area contributed by atoms with Crippen LogP contribution in [-0.2, 0) is 5.67 Å². The molecule has 1 unspecified atom stereocenters. The Kier molecular flexibility index (Phi) is 4.03. The Bertz CT molecular complexity index is 940. The van der Waals surface area contributed by atoms with Crippen molar-refractivity contribution < 1.29 is 9.18 Å². The second-order valence-corrected chi connectivity index (χ2v) is 6.61. The highest BCUT2D eigenvalue weighted by Gasteiger charge is 2.43. The number of para-hydroxylation sites is 1. The van der Waals surface area contributed by atoms with Gasteiger partial charge in [-0.2, -0.15) is 0 Å². The minimum atomic E-state index is -1.52. The summed E-state index contributed by atoms with van der Waals surface area (Å²) in [6, 6.07) is 16.8. The molecule has 0 saturated carbocycles. The smallest absolute Gasteiger partial charge is 0.293 e. The van der Waals surface area contributed by atoms with Crippen LogP contribution in [0.5, 0.6) is 0 Å². The molecule has 0 bridgehead atoms. The summed E-state index contributed by atoms with van der Waals surface area (Å²) >= 11 is 0. The van der Waals surface area contributed by atoms with E-state index in [4.69, 9.17) is 0 Å². The average Bonchev–Trinajstić information content (AvgIpc) is 3.30. The molecule has 1 saturated heterocycles. The summed E-state index contributed by atoms with van der Waals surface area (Å²) < 4.78 is 17.0. The van der Waals surface area contributed by atoms with Crippen molar-refractivity contribution in [3.63, 3.8) is 0 Å². The lowest BCUT2D eigenvalue weighted by Gasteiger charge is -2.22. The maximum Gasteiger partial charge on any atom is 0.293 e. The van der Waals surface area contributed by atoms with Crippen LogP contribution in [0.15, 0.2) is 60.9 Å². The Morgan fingerprint density at radius 1 is 1.12 bits per heavy atom. The lowest BCUT2D eigenvalue weighted by atomic mass is 9.91. The van der Waals surface area contributed by atoms with Gasteiger partial charge in [0.25, 0.3) is 5.91 Å². The van der Waals surface area contributed by atoms with E-state index in [2.05, 4.69) is 10.1 Å². The van der Waals surface area contributed by atoms with Gasteiger partial charge in [0.1, 0.15) is 6.33 Å². The van der Waals surface area contributed by atoms with Crippen molar-refractivity contribution in [3.8, 4) is 5.69 Å². The van der Waals surface area contributed by atoms with Crippen LogP contribution in [0.1, 0.15) is 28.2 Å². The highest BCUT2D eigenvalue weighted by Crippen LogP contribution is 2.38. The fraction of sp³-hybridized carbons (Fsp3) is 0.250. The first-order chi connectivity index (χ1) is 12.6. The fourth-order valence-electron chi connectivity index (χ4n) is 3.45. The quantitative estimate of drug-likeness (QED) is 0.728. The number of carbonyl (C=O) groups excluding carboxylic acids is 1. The molecule has 1 aromatic heterocycles. The molecule has 0 radical (unpaired) electrons. The summed E-state index contributed by atoms with van der Waals surface area (Å²) in [7, 11) is 0. The molecule has 4 rings (SSSR count). The first kappa shape index (κ1) is 16.4. The Labute approximate surface area is 151 Å². The van der Waals surface area contributed by atoms with Gasteiger partial charge >= 0.3 is 0 Å². The minimum Gasteiger partial charge on any atom is -0.332 e. The molecule has 2 heterocycles. The van der Waals surface area contributed by atoms with Crippen LogP contribution < -0.4 is 0 Å². The van der Waals surface area contributed by atoms with Crippen LogP contribution in [0.3, 0.4) is 0 Å². The third-order valence-corrected chi connectivity index (χ3v) is 4.84. The summed E-state index contributed by atoms with van der Waals surface area (Å²) in [6.45, 7) is 2.27. The van der Waals surface area contributed by atoms with Crippen LogP contribution in [0, 0.1) is 6.92 Å². The zero-order valence-corrected chi connectivity index (χ0v) is 14.5. The molecule has 1 aliphatic heterocycles. The Morgan fingerprint density at radius 2 is 1.85 bits per heavy atom. The molecule has 3 aromatic rings. The average molecular weight is 350 g/mol. The molecule has 132 valence electrons. The predicted octanol–water partition coefficient (Wildman–Crippen LogP) is 3.29. The minimum absolute atomic E-state index is 0.0244. The van der Waals surface area contributed by atoms with E-state index < -0.39 is 5.67 Å². The molecule has 0 spiro atoms. The number of amides is 1. The van der Waals surface area contributed by atoms with E-state index >= 15 is 4.39 Å². The Balaban J connectivity index is 1.54. The van der Waals surface area contributed by atoms with Gasteiger partial charge in [0.05, 0.1) is 12.2 Å². The van der Waals surface area contributed by atoms with Gasteiger partial charge in [-0.05, 0) is 30.2 Å². The second-order valence-electron chi connectivity index (χ2n) is 6.61. The van der Waals surface area contributed by atoms with Crippen LogP contribution in [-0.4, -0.2) is 38.7 Å². The first-order valence-corrected chi connectivity index (χ1v) is 8.58. The maximum atomic E-state index is 15.5. The number of halogens is 1. The summed E-state index contributed by atoms with van der Waals surface area (Å²) in [5, 5.41) is 4.25. The second kappa shape index (κ2) is 6.37. The summed E-state index contributed by atoms with van der Waals surface area (Å²) in [6.07, 6.45) is 1.78. The van der Waals surface area contributed by atoms with E-state index in [-0.39, 0.29) is 24.7 Å². The third kappa shape index (κ3) is 2.87. The van der Waals surface area contributed by atoms with Gasteiger partial charge < -0.3 is 4.90 Å². The number of alkyl halides is 1. The lowest BCUT2D eigenvalue weighted by molar-refractivity contribution is 0.0738. The molecule has 0 aliphatic carbocycles. The summed E-state index contributed by atoms with van der Waals surface area (Å²) in [4.78, 5) is 18.3. The predicted molar refractivity (Wildman–Crippen MR) is 95.8 cm³/mol. The number of aryl methyl sites for hydroxylation is 1. The van der Waals surface area contributed by atoms with E-state index in [1.54, 1.807) is 10.7 Å². The standard InChI is InChI=1S/C20H19FN4O/c1-15-7-5-6-10-17(15)20(21)11-12-24(13-20)19(26)18-22-14-25(23-18)16-8-3-2-4-9-16/h2-10,14H,11-13H2,1H3. The van der Waals surface area contributed by atoms with Gasteiger partial charge in [-0.1, -0.05) is 42.5 Å². The molecule has 26 heavy (non-hydrogen) atoms. The molecule has 1 aliphatic rings. The third-order valence-electron chi connectivity index (χ3n) is 4.84. The molecular weight excluding hydrogens is 331 g/mol. The first-order valence-electron chi connectivity index (χ1n) is 8.58. The fourth-order valence-corrected chi connectivity index (χ4v) is 3.45. The molecule has 2 aromatic carbocycles. The highest BCUT2D eigenvalue weighted by atomic mass is 19.1. The van der Waals surface area contributed by atoms with E-state index in [0.717, 1.165) is 11.3 Å². The monoisotopic (exact) mass is 350 g/mol. The molecule has 1 fully saturated rings. The van der Waals surface area contributed by atoms with Crippen molar-refractivity contribution in [3.05, 3.63) is 77.9 Å². The van der Waals surface area contributed by atoms with Crippen molar-refractivity contribution in [1.29, 1.82) is 0 Å². The zero-order valence-electron chi connectivity index (χ0n) is 14.5. The topological polar surface area (TPSA) is 51.0 Å². The van der Waals surface area contributed by atoms with Crippen LogP contribution >= 0.6 is 0 Å². The van der Waals surface area contributed by atoms with Crippen LogP contribution in [0.4, 0.5) is 4.39 Å². The molecule has 1 amide bonds. The van der Waals surface area contributed by atoms with Crippen molar-refractivity contribution in [2.45, 2.75) is 19.0 Å². The number of aromatic nitrogens is 3. The lowest BCUT2D eigenvalue weighted by Crippen LogP contribution is -2.33. The molecule has 1 atom stereocenters. The zero-order chi connectivity index (χ0) is 18.1. The largest absolute Gasteiger partial charge is 0.332 e. The van der Waals surface area contributed by atoms with Crippen molar-refractivity contribution in [2.24, 2.45) is 0 Å². The van der Waals surface area contributed by atoms with E-state index in [0.29, 0.717) is 12.1 Å². The van der Waals surface area contributed by atoms with Crippen molar-refractivity contribution in [2.75, 3.05) is 13.1 Å². The van der Waals surface area contributed by atoms with Gasteiger partial charge in [0, 0.05) is 13.0 Å². The van der Waals surface area contributed by atoms with E-state index in [9.17, 15) is 4.79 Å². The number of rotatable bonds is 3. The molecule has 5 nitrogen and oxygen atoms in total. The van der Waals surface area contributed by atoms with Gasteiger partial charge in [-0.15, -0.1) is 5.10 Å². The SMILES string of the molecule is Cc1ccccc1C1(F)CCN(C(=O)c2ncn(-c3ccccc3)n2)C1. The van der Waals surface area contributed by atoms with E-state index in [1.165, 1.54) is 11.2 Å². The number of likely N-dealkylation sites (tertiary alicyclic amines) is 1. The maximum absolute atomic E-state index is 15.5. The molecular formula is C20H19FN4O.